The van der Waals surface area contributed by atoms with Gasteiger partial charge < -0.3 is 41.4 Å². The molecule has 0 radical (unpaired) electrons. The predicted octanol–water partition coefficient (Wildman–Crippen LogP) is 0.499. The van der Waals surface area contributed by atoms with Gasteiger partial charge in [0.05, 0.1) is 6.04 Å². The van der Waals surface area contributed by atoms with Crippen LogP contribution >= 0.6 is 0 Å². The Balaban J connectivity index is 1.46. The Hall–Kier alpha value is -4.15. The minimum Gasteiger partial charge on any atom is -0.431 e. The molecule has 2 amide bonds. The molecule has 1 aromatic carbocycles. The van der Waals surface area contributed by atoms with Crippen LogP contribution in [0.15, 0.2) is 41.3 Å². The van der Waals surface area contributed by atoms with Crippen LogP contribution in [0.4, 0.5) is 25.1 Å². The second-order valence-electron chi connectivity index (χ2n) is 9.72. The quantitative estimate of drug-likeness (QED) is 0.244. The third kappa shape index (κ3) is 7.74. The van der Waals surface area contributed by atoms with Gasteiger partial charge in [0.25, 0.3) is 0 Å². The van der Waals surface area contributed by atoms with Gasteiger partial charge in [-0.05, 0) is 36.6 Å². The molecule has 1 aromatic heterocycles. The molecule has 0 saturated carbocycles. The maximum absolute atomic E-state index is 14.6. The first kappa shape index (κ1) is 31.4. The number of halogens is 2. The average molecular weight is 583 g/mol. The van der Waals surface area contributed by atoms with Gasteiger partial charge in [-0.25, -0.2) is 9.59 Å². The summed E-state index contributed by atoms with van der Waals surface area (Å²) in [6.45, 7) is 4.05. The van der Waals surface area contributed by atoms with Gasteiger partial charge in [-0.1, -0.05) is 26.0 Å². The summed E-state index contributed by atoms with van der Waals surface area (Å²) in [5.74, 6) is -5.09. The van der Waals surface area contributed by atoms with Crippen LogP contribution in [0.1, 0.15) is 32.6 Å². The van der Waals surface area contributed by atoms with Crippen molar-refractivity contribution >= 4 is 29.5 Å². The van der Waals surface area contributed by atoms with Crippen LogP contribution in [0, 0.1) is 5.92 Å². The van der Waals surface area contributed by atoms with Gasteiger partial charge >= 0.3 is 17.8 Å². The van der Waals surface area contributed by atoms with Gasteiger partial charge in [-0.15, -0.1) is 0 Å². The molecule has 1 fully saturated rings. The highest BCUT2D eigenvalue weighted by Gasteiger charge is 2.60. The highest BCUT2D eigenvalue weighted by atomic mass is 19.3. The first-order valence-electron chi connectivity index (χ1n) is 12.5. The number of nitrogens with one attached hydrogen (secondary N) is 2. The molecular weight excluding hydrogens is 550 g/mol. The molecule has 2 heterocycles. The second kappa shape index (κ2) is 13.0. The fourth-order valence-electron chi connectivity index (χ4n) is 3.66. The Labute approximate surface area is 232 Å². The summed E-state index contributed by atoms with van der Waals surface area (Å²) < 4.78 is 44.5. The number of amides is 2. The fourth-order valence-corrected chi connectivity index (χ4v) is 3.66. The molecule has 1 saturated heterocycles. The van der Waals surface area contributed by atoms with Crippen molar-refractivity contribution in [3.63, 3.8) is 0 Å². The maximum Gasteiger partial charge on any atom is 0.508 e. The zero-order valence-electron chi connectivity index (χ0n) is 22.5. The van der Waals surface area contributed by atoms with E-state index in [1.165, 1.54) is 19.1 Å². The lowest BCUT2D eigenvalue weighted by Crippen LogP contribution is -2.50. The number of hydrogen-bond donors (Lipinski definition) is 5. The molecule has 1 aliphatic rings. The third-order valence-electron chi connectivity index (χ3n) is 6.20. The summed E-state index contributed by atoms with van der Waals surface area (Å²) in [4.78, 5) is 51.7. The number of nitrogen functional groups attached to an aromatic ring is 1. The Kier molecular flexibility index (Phi) is 9.96. The maximum atomic E-state index is 14.6. The molecule has 5 atom stereocenters. The Morgan fingerprint density at radius 3 is 2.41 bits per heavy atom. The molecule has 0 bridgehead atoms. The molecule has 0 unspecified atom stereocenters. The van der Waals surface area contributed by atoms with E-state index >= 15 is 0 Å². The second-order valence-corrected chi connectivity index (χ2v) is 9.72. The van der Waals surface area contributed by atoms with Gasteiger partial charge in [-0.3, -0.25) is 14.2 Å². The summed E-state index contributed by atoms with van der Waals surface area (Å²) in [5, 5.41) is 15.2. The summed E-state index contributed by atoms with van der Waals surface area (Å²) >= 11 is 0. The SMILES string of the molecule is CC(C)[C@H](N)C(=O)N[C@@H](C)C(=O)Nc1ccc(COC(=O)OC[C@H]2O[C@@H](n3ccc(N)nc3=O)C(F)(F)[C@@H]2O)cc1. The van der Waals surface area contributed by atoms with Crippen molar-refractivity contribution in [1.29, 1.82) is 0 Å². The van der Waals surface area contributed by atoms with E-state index in [0.29, 0.717) is 15.8 Å². The first-order chi connectivity index (χ1) is 19.2. The van der Waals surface area contributed by atoms with Crippen LogP contribution in [-0.2, 0) is 30.4 Å². The fraction of sp³-hybridized carbons (Fsp3) is 0.480. The van der Waals surface area contributed by atoms with E-state index in [2.05, 4.69) is 15.6 Å². The molecule has 1 aliphatic heterocycles. The highest BCUT2D eigenvalue weighted by molar-refractivity contribution is 5.97. The highest BCUT2D eigenvalue weighted by Crippen LogP contribution is 2.42. The van der Waals surface area contributed by atoms with E-state index in [-0.39, 0.29) is 18.3 Å². The average Bonchev–Trinajstić information content (AvgIpc) is 3.14. The lowest BCUT2D eigenvalue weighted by atomic mass is 10.0. The van der Waals surface area contributed by atoms with Crippen molar-refractivity contribution in [2.75, 3.05) is 17.7 Å². The topological polar surface area (TPSA) is 210 Å². The molecule has 0 spiro atoms. The van der Waals surface area contributed by atoms with Crippen molar-refractivity contribution in [2.45, 2.75) is 63.8 Å². The Morgan fingerprint density at radius 2 is 1.80 bits per heavy atom. The lowest BCUT2D eigenvalue weighted by Gasteiger charge is -2.20. The standard InChI is InChI=1S/C25H32F2N6O8/c1-12(2)18(29)21(36)30-13(3)20(35)31-15-6-4-14(5-7-15)10-39-24(38)40-11-16-19(34)25(26,27)22(41-16)33-9-8-17(28)32-23(33)37/h4-9,12-13,16,18-19,22,34H,10-11,29H2,1-3H3,(H,30,36)(H,31,35)(H2,28,32,37)/t13-,16+,18-,19+,22+/m0/s1. The largest absolute Gasteiger partial charge is 0.508 e. The van der Waals surface area contributed by atoms with E-state index in [9.17, 15) is 33.1 Å². The molecular formula is C25H32F2N6O8. The zero-order valence-corrected chi connectivity index (χ0v) is 22.5. The number of aromatic nitrogens is 2. The number of alkyl halides is 2. The van der Waals surface area contributed by atoms with Crippen molar-refractivity contribution in [2.24, 2.45) is 11.7 Å². The lowest BCUT2D eigenvalue weighted by molar-refractivity contribution is -0.141. The summed E-state index contributed by atoms with van der Waals surface area (Å²) in [6.07, 6.45) is -6.52. The number of carbonyl (C=O) groups excluding carboxylic acids is 3. The number of rotatable bonds is 10. The number of aliphatic hydroxyl groups excluding tert-OH is 1. The number of aliphatic hydroxyl groups is 1. The first-order valence-corrected chi connectivity index (χ1v) is 12.5. The van der Waals surface area contributed by atoms with Crippen molar-refractivity contribution in [3.05, 3.63) is 52.6 Å². The number of carbonyl (C=O) groups is 3. The van der Waals surface area contributed by atoms with E-state index in [1.807, 2.05) is 0 Å². The molecule has 224 valence electrons. The van der Waals surface area contributed by atoms with Crippen LogP contribution in [0.2, 0.25) is 0 Å². The number of anilines is 2. The summed E-state index contributed by atoms with van der Waals surface area (Å²) in [5.41, 5.74) is 10.9. The zero-order chi connectivity index (χ0) is 30.5. The van der Waals surface area contributed by atoms with E-state index in [4.69, 9.17) is 25.7 Å². The molecule has 41 heavy (non-hydrogen) atoms. The molecule has 0 aliphatic carbocycles. The van der Waals surface area contributed by atoms with Gasteiger partial charge in [-0.2, -0.15) is 13.8 Å². The van der Waals surface area contributed by atoms with Crippen molar-refractivity contribution in [3.8, 4) is 0 Å². The summed E-state index contributed by atoms with van der Waals surface area (Å²) in [7, 11) is 0. The van der Waals surface area contributed by atoms with Crippen LogP contribution in [-0.4, -0.2) is 69.4 Å². The minimum absolute atomic E-state index is 0.0950. The Bertz CT molecular complexity index is 1310. The third-order valence-corrected chi connectivity index (χ3v) is 6.20. The summed E-state index contributed by atoms with van der Waals surface area (Å²) in [6, 6.07) is 5.70. The predicted molar refractivity (Wildman–Crippen MR) is 139 cm³/mol. The van der Waals surface area contributed by atoms with Crippen molar-refractivity contribution < 1.29 is 42.5 Å². The van der Waals surface area contributed by atoms with Crippen LogP contribution < -0.4 is 27.8 Å². The van der Waals surface area contributed by atoms with E-state index < -0.39 is 66.7 Å². The van der Waals surface area contributed by atoms with Crippen LogP contribution in [0.5, 0.6) is 0 Å². The molecule has 2 aromatic rings. The molecule has 14 nitrogen and oxygen atoms in total. The smallest absolute Gasteiger partial charge is 0.431 e. The molecule has 3 rings (SSSR count). The number of benzene rings is 1. The van der Waals surface area contributed by atoms with Crippen molar-refractivity contribution in [1.82, 2.24) is 14.9 Å². The van der Waals surface area contributed by atoms with E-state index in [1.54, 1.807) is 26.0 Å². The van der Waals surface area contributed by atoms with Crippen LogP contribution in [0.3, 0.4) is 0 Å². The van der Waals surface area contributed by atoms with E-state index in [0.717, 1.165) is 12.3 Å². The molecule has 7 N–H and O–H groups in total. The Morgan fingerprint density at radius 1 is 1.15 bits per heavy atom. The number of hydrogen-bond acceptors (Lipinski definition) is 11. The van der Waals surface area contributed by atoms with Crippen LogP contribution in [0.25, 0.3) is 0 Å². The minimum atomic E-state index is -3.90. The van der Waals surface area contributed by atoms with Gasteiger partial charge in [0.1, 0.15) is 31.2 Å². The molecule has 16 heteroatoms. The van der Waals surface area contributed by atoms with Gasteiger partial charge in [0.15, 0.2) is 6.10 Å². The number of nitrogens with two attached hydrogens (primary N) is 2. The normalized spacial score (nSPS) is 21.1. The number of ether oxygens (including phenoxy) is 3. The monoisotopic (exact) mass is 582 g/mol. The van der Waals surface area contributed by atoms with Gasteiger partial charge in [0, 0.05) is 11.9 Å². The van der Waals surface area contributed by atoms with Gasteiger partial charge in [0.2, 0.25) is 18.0 Å². The number of nitrogens with zero attached hydrogens (tertiary/aromatic N) is 2.